The lowest BCUT2D eigenvalue weighted by atomic mass is 9.90. The van der Waals surface area contributed by atoms with Gasteiger partial charge in [-0.15, -0.1) is 0 Å². The highest BCUT2D eigenvalue weighted by Crippen LogP contribution is 2.30. The summed E-state index contributed by atoms with van der Waals surface area (Å²) in [4.78, 5) is 28.2. The van der Waals surface area contributed by atoms with Gasteiger partial charge in [-0.25, -0.2) is 0 Å². The average molecular weight is 391 g/mol. The summed E-state index contributed by atoms with van der Waals surface area (Å²) in [7, 11) is 0. The fraction of sp³-hybridized carbons (Fsp3) is 0.440. The van der Waals surface area contributed by atoms with E-state index in [0.717, 1.165) is 61.6 Å². The molecule has 4 heteroatoms. The Hall–Kier alpha value is -2.46. The van der Waals surface area contributed by atoms with Crippen molar-refractivity contribution in [2.45, 2.75) is 38.5 Å². The molecule has 4 nitrogen and oxygen atoms in total. The number of piperidine rings is 1. The zero-order valence-corrected chi connectivity index (χ0v) is 17.1. The van der Waals surface area contributed by atoms with Gasteiger partial charge in [-0.2, -0.15) is 0 Å². The summed E-state index contributed by atoms with van der Waals surface area (Å²) in [5, 5.41) is 0. The number of aldehydes is 1. The van der Waals surface area contributed by atoms with Crippen LogP contribution in [0.5, 0.6) is 0 Å². The van der Waals surface area contributed by atoms with Crippen LogP contribution in [0.1, 0.15) is 47.2 Å². The van der Waals surface area contributed by atoms with E-state index in [1.54, 1.807) is 0 Å². The van der Waals surface area contributed by atoms with Crippen molar-refractivity contribution in [2.75, 3.05) is 31.1 Å². The summed E-state index contributed by atoms with van der Waals surface area (Å²) in [6.45, 7) is 4.07. The van der Waals surface area contributed by atoms with Gasteiger partial charge in [0.2, 0.25) is 5.91 Å². The summed E-state index contributed by atoms with van der Waals surface area (Å²) in [5.41, 5.74) is 4.14. The minimum Gasteiger partial charge on any atom is -0.312 e. The zero-order valence-electron chi connectivity index (χ0n) is 17.1. The van der Waals surface area contributed by atoms with Crippen molar-refractivity contribution in [3.63, 3.8) is 0 Å². The molecule has 0 spiro atoms. The third kappa shape index (κ3) is 4.76. The van der Waals surface area contributed by atoms with E-state index in [1.807, 2.05) is 23.1 Å². The minimum atomic E-state index is 0.183. The number of rotatable bonds is 7. The van der Waals surface area contributed by atoms with E-state index in [2.05, 4.69) is 35.2 Å². The molecule has 0 unspecified atom stereocenters. The van der Waals surface area contributed by atoms with Crippen LogP contribution in [0.2, 0.25) is 0 Å². The highest BCUT2D eigenvalue weighted by atomic mass is 16.2. The van der Waals surface area contributed by atoms with E-state index in [-0.39, 0.29) is 5.91 Å². The molecule has 0 aromatic heterocycles. The molecule has 0 radical (unpaired) electrons. The fourth-order valence-electron chi connectivity index (χ4n) is 4.79. The van der Waals surface area contributed by atoms with Gasteiger partial charge in [0, 0.05) is 24.2 Å². The Morgan fingerprint density at radius 3 is 2.48 bits per heavy atom. The van der Waals surface area contributed by atoms with E-state index < -0.39 is 0 Å². The fourth-order valence-corrected chi connectivity index (χ4v) is 4.79. The number of amides is 1. The molecule has 0 atom stereocenters. The maximum Gasteiger partial charge on any atom is 0.227 e. The van der Waals surface area contributed by atoms with Gasteiger partial charge in [-0.05, 0) is 74.8 Å². The van der Waals surface area contributed by atoms with Crippen LogP contribution in [0, 0.1) is 5.92 Å². The Kier molecular flexibility index (Phi) is 6.40. The first-order valence-corrected chi connectivity index (χ1v) is 10.9. The van der Waals surface area contributed by atoms with Gasteiger partial charge in [-0.1, -0.05) is 42.5 Å². The third-order valence-electron chi connectivity index (χ3n) is 6.43. The Balaban J connectivity index is 1.26. The second-order valence-corrected chi connectivity index (χ2v) is 8.34. The van der Waals surface area contributed by atoms with Crippen molar-refractivity contribution in [1.29, 1.82) is 0 Å². The Morgan fingerprint density at radius 1 is 0.931 bits per heavy atom. The molecule has 1 fully saturated rings. The highest BCUT2D eigenvalue weighted by molar-refractivity contribution is 5.98. The first kappa shape index (κ1) is 19.8. The maximum absolute atomic E-state index is 12.5. The van der Waals surface area contributed by atoms with Crippen LogP contribution in [-0.2, 0) is 17.6 Å². The Bertz CT molecular complexity index is 841. The van der Waals surface area contributed by atoms with Gasteiger partial charge in [0.25, 0.3) is 0 Å². The SMILES string of the molecule is O=Cc1cccc2c1CCC(=O)N2CCCN1CCC(Cc2ccccc2)CC1. The molecule has 29 heavy (non-hydrogen) atoms. The summed E-state index contributed by atoms with van der Waals surface area (Å²) in [5.74, 6) is 0.966. The topological polar surface area (TPSA) is 40.6 Å². The van der Waals surface area contributed by atoms with E-state index in [9.17, 15) is 9.59 Å². The molecule has 2 aliphatic rings. The molecular formula is C25H30N2O2. The van der Waals surface area contributed by atoms with Crippen molar-refractivity contribution in [1.82, 2.24) is 4.90 Å². The largest absolute Gasteiger partial charge is 0.312 e. The van der Waals surface area contributed by atoms with E-state index in [0.29, 0.717) is 12.8 Å². The van der Waals surface area contributed by atoms with Crippen molar-refractivity contribution in [3.05, 3.63) is 65.2 Å². The van der Waals surface area contributed by atoms with Crippen LogP contribution >= 0.6 is 0 Å². The zero-order chi connectivity index (χ0) is 20.1. The smallest absolute Gasteiger partial charge is 0.227 e. The maximum atomic E-state index is 12.5. The van der Waals surface area contributed by atoms with Crippen molar-refractivity contribution >= 4 is 17.9 Å². The van der Waals surface area contributed by atoms with Gasteiger partial charge in [0.05, 0.1) is 0 Å². The van der Waals surface area contributed by atoms with Crippen LogP contribution in [0.25, 0.3) is 0 Å². The number of carbonyl (C=O) groups is 2. The van der Waals surface area contributed by atoms with Crippen LogP contribution < -0.4 is 4.90 Å². The minimum absolute atomic E-state index is 0.183. The van der Waals surface area contributed by atoms with E-state index >= 15 is 0 Å². The lowest BCUT2D eigenvalue weighted by molar-refractivity contribution is -0.118. The number of nitrogens with zero attached hydrogens (tertiary/aromatic N) is 2. The first-order chi connectivity index (χ1) is 14.2. The first-order valence-electron chi connectivity index (χ1n) is 10.9. The second kappa shape index (κ2) is 9.36. The number of likely N-dealkylation sites (tertiary alicyclic amines) is 1. The quantitative estimate of drug-likeness (QED) is 0.668. The van der Waals surface area contributed by atoms with Crippen LogP contribution in [0.15, 0.2) is 48.5 Å². The molecule has 0 aliphatic carbocycles. The predicted octanol–water partition coefficient (Wildman–Crippen LogP) is 4.12. The number of benzene rings is 2. The molecule has 0 saturated carbocycles. The molecule has 4 rings (SSSR count). The molecule has 152 valence electrons. The average Bonchev–Trinajstić information content (AvgIpc) is 2.76. The number of hydrogen-bond donors (Lipinski definition) is 0. The van der Waals surface area contributed by atoms with Gasteiger partial charge in [-0.3, -0.25) is 9.59 Å². The number of carbonyl (C=O) groups excluding carboxylic acids is 2. The van der Waals surface area contributed by atoms with Crippen LogP contribution in [-0.4, -0.2) is 43.3 Å². The number of anilines is 1. The molecule has 1 amide bonds. The summed E-state index contributed by atoms with van der Waals surface area (Å²) >= 11 is 0. The Morgan fingerprint density at radius 2 is 1.72 bits per heavy atom. The summed E-state index contributed by atoms with van der Waals surface area (Å²) < 4.78 is 0. The summed E-state index contributed by atoms with van der Waals surface area (Å²) in [6.07, 6.45) is 6.75. The molecule has 2 aromatic rings. The predicted molar refractivity (Wildman–Crippen MR) is 116 cm³/mol. The molecule has 2 heterocycles. The number of hydrogen-bond acceptors (Lipinski definition) is 3. The van der Waals surface area contributed by atoms with Crippen molar-refractivity contribution in [2.24, 2.45) is 5.92 Å². The molecular weight excluding hydrogens is 360 g/mol. The molecule has 1 saturated heterocycles. The molecule has 2 aromatic carbocycles. The van der Waals surface area contributed by atoms with Gasteiger partial charge < -0.3 is 9.80 Å². The molecule has 0 bridgehead atoms. The standard InChI is InChI=1S/C25H30N2O2/c28-19-22-8-4-9-24-23(22)10-11-25(29)27(24)15-5-14-26-16-12-21(13-17-26)18-20-6-2-1-3-7-20/h1-4,6-9,19,21H,5,10-18H2. The molecule has 2 aliphatic heterocycles. The highest BCUT2D eigenvalue weighted by Gasteiger charge is 2.26. The lowest BCUT2D eigenvalue weighted by Gasteiger charge is -2.34. The second-order valence-electron chi connectivity index (χ2n) is 8.34. The van der Waals surface area contributed by atoms with Gasteiger partial charge >= 0.3 is 0 Å². The van der Waals surface area contributed by atoms with Crippen LogP contribution in [0.4, 0.5) is 5.69 Å². The van der Waals surface area contributed by atoms with Gasteiger partial charge in [0.15, 0.2) is 0 Å². The monoisotopic (exact) mass is 390 g/mol. The molecule has 0 N–H and O–H groups in total. The van der Waals surface area contributed by atoms with Crippen molar-refractivity contribution < 1.29 is 9.59 Å². The van der Waals surface area contributed by atoms with Gasteiger partial charge in [0.1, 0.15) is 6.29 Å². The third-order valence-corrected chi connectivity index (χ3v) is 6.43. The van der Waals surface area contributed by atoms with Crippen LogP contribution in [0.3, 0.4) is 0 Å². The van der Waals surface area contributed by atoms with Crippen molar-refractivity contribution in [3.8, 4) is 0 Å². The summed E-state index contributed by atoms with van der Waals surface area (Å²) in [6, 6.07) is 16.5. The Labute approximate surface area is 173 Å². The number of fused-ring (bicyclic) bond motifs is 1. The van der Waals surface area contributed by atoms with E-state index in [1.165, 1.54) is 24.8 Å². The lowest BCUT2D eigenvalue weighted by Crippen LogP contribution is -2.39. The normalized spacial score (nSPS) is 17.9. The van der Waals surface area contributed by atoms with E-state index in [4.69, 9.17) is 0 Å².